The van der Waals surface area contributed by atoms with Gasteiger partial charge in [-0.15, -0.1) is 13.2 Å². The van der Waals surface area contributed by atoms with E-state index in [0.29, 0.717) is 18.4 Å². The second-order valence-corrected chi connectivity index (χ2v) is 4.42. The Morgan fingerprint density at radius 1 is 0.750 bits per heavy atom. The molecule has 0 spiro atoms. The van der Waals surface area contributed by atoms with Gasteiger partial charge >= 0.3 is 23.9 Å². The first kappa shape index (κ1) is 23.1. The number of aliphatic carboxylic acids is 4. The quantitative estimate of drug-likeness (QED) is 0.349. The summed E-state index contributed by atoms with van der Waals surface area (Å²) in [5.41, 5.74) is 0.153. The van der Waals surface area contributed by atoms with Crippen LogP contribution in [0.25, 0.3) is 0 Å². The highest BCUT2D eigenvalue weighted by Crippen LogP contribution is 2.17. The summed E-state index contributed by atoms with van der Waals surface area (Å²) < 4.78 is 0. The Balaban J connectivity index is 0. The SMILES string of the molecule is C=C(CC(=O)O)C(=O)O.C=CCC(CC=C)=C(CC(=O)O)C(=O)O. The minimum atomic E-state index is -1.27. The normalized spacial score (nSPS) is 8.83. The molecule has 0 aliphatic carbocycles. The van der Waals surface area contributed by atoms with Crippen LogP contribution in [0.4, 0.5) is 0 Å². The summed E-state index contributed by atoms with van der Waals surface area (Å²) in [5, 5.41) is 33.5. The second-order valence-electron chi connectivity index (χ2n) is 4.42. The number of rotatable bonds is 10. The van der Waals surface area contributed by atoms with Crippen LogP contribution in [0, 0.1) is 0 Å². The molecule has 4 N–H and O–H groups in total. The van der Waals surface area contributed by atoms with E-state index in [1.54, 1.807) is 12.2 Å². The summed E-state index contributed by atoms with van der Waals surface area (Å²) >= 11 is 0. The van der Waals surface area contributed by atoms with Crippen molar-refractivity contribution in [2.75, 3.05) is 0 Å². The fourth-order valence-corrected chi connectivity index (χ4v) is 1.44. The van der Waals surface area contributed by atoms with Crippen LogP contribution in [0.3, 0.4) is 0 Å². The van der Waals surface area contributed by atoms with Crippen LogP contribution in [0.2, 0.25) is 0 Å². The molecule has 0 aromatic rings. The second kappa shape index (κ2) is 12.4. The molecule has 0 aliphatic rings. The molecule has 8 heteroatoms. The predicted octanol–water partition coefficient (Wildman–Crippen LogP) is 2.10. The van der Waals surface area contributed by atoms with E-state index in [1.165, 1.54) is 0 Å². The minimum absolute atomic E-state index is 0.0812. The molecular weight excluding hydrogens is 320 g/mol. The molecule has 0 bridgehead atoms. The lowest BCUT2D eigenvalue weighted by Crippen LogP contribution is -2.09. The van der Waals surface area contributed by atoms with Crippen LogP contribution in [0.5, 0.6) is 0 Å². The summed E-state index contributed by atoms with van der Waals surface area (Å²) in [6, 6.07) is 0. The fourth-order valence-electron chi connectivity index (χ4n) is 1.44. The van der Waals surface area contributed by atoms with Gasteiger partial charge in [0.2, 0.25) is 0 Å². The van der Waals surface area contributed by atoms with Crippen LogP contribution < -0.4 is 0 Å². The maximum absolute atomic E-state index is 10.8. The summed E-state index contributed by atoms with van der Waals surface area (Å²) in [6.07, 6.45) is 2.83. The van der Waals surface area contributed by atoms with Gasteiger partial charge in [0.15, 0.2) is 0 Å². The average Bonchev–Trinajstić information content (AvgIpc) is 2.44. The topological polar surface area (TPSA) is 149 Å². The van der Waals surface area contributed by atoms with Gasteiger partial charge in [0.05, 0.1) is 12.8 Å². The Hall–Kier alpha value is -3.16. The molecule has 0 unspecified atom stereocenters. The van der Waals surface area contributed by atoms with Gasteiger partial charge in [-0.25, -0.2) is 9.59 Å². The van der Waals surface area contributed by atoms with Gasteiger partial charge in [0, 0.05) is 11.1 Å². The van der Waals surface area contributed by atoms with Crippen molar-refractivity contribution in [3.05, 3.63) is 48.6 Å². The Labute approximate surface area is 138 Å². The van der Waals surface area contributed by atoms with E-state index in [4.69, 9.17) is 20.4 Å². The molecule has 0 fully saturated rings. The van der Waals surface area contributed by atoms with E-state index in [-0.39, 0.29) is 11.1 Å². The summed E-state index contributed by atoms with van der Waals surface area (Å²) in [6.45, 7) is 10.0. The van der Waals surface area contributed by atoms with Crippen molar-refractivity contribution in [2.45, 2.75) is 25.7 Å². The zero-order chi connectivity index (χ0) is 19.3. The van der Waals surface area contributed by atoms with Gasteiger partial charge in [-0.2, -0.15) is 0 Å². The van der Waals surface area contributed by atoms with Gasteiger partial charge in [-0.3, -0.25) is 9.59 Å². The third-order valence-corrected chi connectivity index (χ3v) is 2.46. The Bertz CT molecular complexity index is 557. The molecule has 0 aromatic carbocycles. The van der Waals surface area contributed by atoms with Crippen molar-refractivity contribution >= 4 is 23.9 Å². The number of carbonyl (C=O) groups is 4. The fraction of sp³-hybridized carbons (Fsp3) is 0.250. The predicted molar refractivity (Wildman–Crippen MR) is 85.6 cm³/mol. The van der Waals surface area contributed by atoms with Crippen LogP contribution in [-0.2, 0) is 19.2 Å². The molecular formula is C16H20O8. The molecule has 24 heavy (non-hydrogen) atoms. The molecule has 0 atom stereocenters. The van der Waals surface area contributed by atoms with Crippen molar-refractivity contribution in [3.63, 3.8) is 0 Å². The van der Waals surface area contributed by atoms with E-state index < -0.39 is 36.7 Å². The number of hydrogen-bond acceptors (Lipinski definition) is 4. The third kappa shape index (κ3) is 11.5. The molecule has 0 radical (unpaired) electrons. The third-order valence-electron chi connectivity index (χ3n) is 2.46. The van der Waals surface area contributed by atoms with E-state index >= 15 is 0 Å². The summed E-state index contributed by atoms with van der Waals surface area (Å²) in [7, 11) is 0. The van der Waals surface area contributed by atoms with Crippen molar-refractivity contribution in [1.29, 1.82) is 0 Å². The van der Waals surface area contributed by atoms with Crippen LogP contribution in [0.1, 0.15) is 25.7 Å². The molecule has 0 rings (SSSR count). The maximum Gasteiger partial charge on any atom is 0.332 e. The summed E-state index contributed by atoms with van der Waals surface area (Å²) in [4.78, 5) is 41.0. The zero-order valence-electron chi connectivity index (χ0n) is 13.0. The molecule has 0 saturated heterocycles. The van der Waals surface area contributed by atoms with Crippen molar-refractivity contribution in [3.8, 4) is 0 Å². The molecule has 132 valence electrons. The smallest absolute Gasteiger partial charge is 0.332 e. The minimum Gasteiger partial charge on any atom is -0.481 e. The number of hydrogen-bond donors (Lipinski definition) is 4. The molecule has 0 heterocycles. The first-order valence-electron chi connectivity index (χ1n) is 6.57. The lowest BCUT2D eigenvalue weighted by atomic mass is 9.99. The Morgan fingerprint density at radius 2 is 1.17 bits per heavy atom. The Kier molecular flexibility index (Phi) is 11.9. The first-order chi connectivity index (χ1) is 11.1. The van der Waals surface area contributed by atoms with E-state index in [2.05, 4.69) is 19.7 Å². The average molecular weight is 340 g/mol. The van der Waals surface area contributed by atoms with Crippen LogP contribution >= 0.6 is 0 Å². The van der Waals surface area contributed by atoms with E-state index in [9.17, 15) is 19.2 Å². The lowest BCUT2D eigenvalue weighted by Gasteiger charge is -2.07. The standard InChI is InChI=1S/C11H14O4.C5H6O4/c1-3-5-8(6-4-2)9(11(14)15)7-10(12)13;1-3(5(8)9)2-4(6)7/h3-4H,1-2,5-7H2,(H,12,13)(H,14,15);1-2H2,(H,6,7)(H,8,9). The van der Waals surface area contributed by atoms with Gasteiger partial charge in [-0.05, 0) is 12.8 Å². The molecule has 0 aliphatic heterocycles. The first-order valence-corrected chi connectivity index (χ1v) is 6.57. The number of carboxylic acid groups (broad SMARTS) is 4. The van der Waals surface area contributed by atoms with E-state index in [0.717, 1.165) is 0 Å². The van der Waals surface area contributed by atoms with Crippen LogP contribution in [-0.4, -0.2) is 44.3 Å². The van der Waals surface area contributed by atoms with Gasteiger partial charge in [0.25, 0.3) is 0 Å². The number of carboxylic acids is 4. The highest BCUT2D eigenvalue weighted by Gasteiger charge is 2.16. The monoisotopic (exact) mass is 340 g/mol. The molecule has 0 saturated carbocycles. The van der Waals surface area contributed by atoms with Crippen LogP contribution in [0.15, 0.2) is 48.6 Å². The van der Waals surface area contributed by atoms with Gasteiger partial charge in [0.1, 0.15) is 0 Å². The number of allylic oxidation sites excluding steroid dienone is 3. The van der Waals surface area contributed by atoms with Gasteiger partial charge in [-0.1, -0.05) is 24.3 Å². The largest absolute Gasteiger partial charge is 0.481 e. The Morgan fingerprint density at radius 3 is 1.38 bits per heavy atom. The summed E-state index contributed by atoms with van der Waals surface area (Å²) in [5.74, 6) is -4.80. The highest BCUT2D eigenvalue weighted by molar-refractivity contribution is 5.93. The van der Waals surface area contributed by atoms with Gasteiger partial charge < -0.3 is 20.4 Å². The molecule has 0 aromatic heterocycles. The molecule has 0 amide bonds. The highest BCUT2D eigenvalue weighted by atomic mass is 16.4. The zero-order valence-corrected chi connectivity index (χ0v) is 13.0. The molecule has 8 nitrogen and oxygen atoms in total. The van der Waals surface area contributed by atoms with Crippen molar-refractivity contribution in [2.24, 2.45) is 0 Å². The van der Waals surface area contributed by atoms with Crippen molar-refractivity contribution in [1.82, 2.24) is 0 Å². The maximum atomic E-state index is 10.8. The lowest BCUT2D eigenvalue weighted by molar-refractivity contribution is -0.139. The van der Waals surface area contributed by atoms with E-state index in [1.807, 2.05) is 0 Å². The van der Waals surface area contributed by atoms with Crippen molar-refractivity contribution < 1.29 is 39.6 Å².